The van der Waals surface area contributed by atoms with Gasteiger partial charge in [-0.25, -0.2) is 0 Å². The second kappa shape index (κ2) is 8.44. The predicted octanol–water partition coefficient (Wildman–Crippen LogP) is 6.83. The van der Waals surface area contributed by atoms with E-state index < -0.39 is 11.7 Å². The van der Waals surface area contributed by atoms with Crippen LogP contribution in [0.25, 0.3) is 11.1 Å². The third-order valence-corrected chi connectivity index (χ3v) is 5.41. The fraction of sp³-hybridized carbons (Fsp3) is 0.182. The van der Waals surface area contributed by atoms with Crippen molar-refractivity contribution in [1.82, 2.24) is 5.32 Å². The lowest BCUT2D eigenvalue weighted by Gasteiger charge is -2.15. The lowest BCUT2D eigenvalue weighted by atomic mass is 10.0. The maximum atomic E-state index is 12.8. The Morgan fingerprint density at radius 3 is 2.22 bits per heavy atom. The first-order valence-corrected chi connectivity index (χ1v) is 9.67. The van der Waals surface area contributed by atoms with Crippen LogP contribution in [-0.4, -0.2) is 0 Å². The zero-order valence-electron chi connectivity index (χ0n) is 14.7. The van der Waals surface area contributed by atoms with E-state index in [1.165, 1.54) is 17.7 Å². The highest BCUT2D eigenvalue weighted by Crippen LogP contribution is 2.32. The first-order valence-electron chi connectivity index (χ1n) is 8.59. The Kier molecular flexibility index (Phi) is 6.22. The molecule has 0 radical (unpaired) electrons. The minimum atomic E-state index is -4.31. The highest BCUT2D eigenvalue weighted by atomic mass is 127. The minimum absolute atomic E-state index is 0.208. The molecule has 3 aromatic carbocycles. The SMILES string of the molecule is C[C@@H](NCc1ccc(I)c(-c2ccc(C(F)(F)F)cc2)c1)c1ccccc1. The summed E-state index contributed by atoms with van der Waals surface area (Å²) in [5.41, 5.74) is 3.40. The van der Waals surface area contributed by atoms with E-state index in [1.807, 2.05) is 36.4 Å². The van der Waals surface area contributed by atoms with Crippen LogP contribution in [0.1, 0.15) is 29.7 Å². The number of benzene rings is 3. The summed E-state index contributed by atoms with van der Waals surface area (Å²) in [6.07, 6.45) is -4.31. The van der Waals surface area contributed by atoms with Crippen molar-refractivity contribution in [2.24, 2.45) is 0 Å². The molecular formula is C22H19F3IN. The van der Waals surface area contributed by atoms with Gasteiger partial charge in [-0.15, -0.1) is 0 Å². The molecule has 1 nitrogen and oxygen atoms in total. The van der Waals surface area contributed by atoms with Gasteiger partial charge < -0.3 is 5.32 Å². The zero-order chi connectivity index (χ0) is 19.4. The lowest BCUT2D eigenvalue weighted by Crippen LogP contribution is -2.18. The average molecular weight is 481 g/mol. The molecule has 0 unspecified atom stereocenters. The van der Waals surface area contributed by atoms with Gasteiger partial charge in [0.15, 0.2) is 0 Å². The van der Waals surface area contributed by atoms with Crippen LogP contribution in [0.15, 0.2) is 72.8 Å². The van der Waals surface area contributed by atoms with Gasteiger partial charge in [0.05, 0.1) is 5.56 Å². The summed E-state index contributed by atoms with van der Waals surface area (Å²) in [5.74, 6) is 0. The highest BCUT2D eigenvalue weighted by molar-refractivity contribution is 14.1. The van der Waals surface area contributed by atoms with E-state index in [2.05, 4.69) is 47.0 Å². The van der Waals surface area contributed by atoms with Gasteiger partial charge in [0.2, 0.25) is 0 Å². The van der Waals surface area contributed by atoms with Crippen molar-refractivity contribution in [3.05, 3.63) is 93.1 Å². The number of alkyl halides is 3. The van der Waals surface area contributed by atoms with Gasteiger partial charge >= 0.3 is 6.18 Å². The van der Waals surface area contributed by atoms with E-state index in [4.69, 9.17) is 0 Å². The lowest BCUT2D eigenvalue weighted by molar-refractivity contribution is -0.137. The molecule has 0 aliphatic rings. The molecule has 0 fully saturated rings. The van der Waals surface area contributed by atoms with E-state index in [0.717, 1.165) is 32.4 Å². The molecule has 0 heterocycles. The van der Waals surface area contributed by atoms with Crippen molar-refractivity contribution in [1.29, 1.82) is 0 Å². The minimum Gasteiger partial charge on any atom is -0.306 e. The fourth-order valence-electron chi connectivity index (χ4n) is 2.87. The smallest absolute Gasteiger partial charge is 0.306 e. The van der Waals surface area contributed by atoms with Crippen molar-refractivity contribution in [2.45, 2.75) is 25.7 Å². The summed E-state index contributed by atoms with van der Waals surface area (Å²) in [5, 5.41) is 3.49. The first-order chi connectivity index (χ1) is 12.8. The molecule has 0 aliphatic heterocycles. The van der Waals surface area contributed by atoms with Gasteiger partial charge in [0.1, 0.15) is 0 Å². The molecule has 3 rings (SSSR count). The normalized spacial score (nSPS) is 12.8. The van der Waals surface area contributed by atoms with E-state index in [9.17, 15) is 13.2 Å². The van der Waals surface area contributed by atoms with Crippen molar-refractivity contribution < 1.29 is 13.2 Å². The van der Waals surface area contributed by atoms with E-state index in [0.29, 0.717) is 6.54 Å². The molecule has 5 heteroatoms. The van der Waals surface area contributed by atoms with Crippen LogP contribution in [0.3, 0.4) is 0 Å². The Bertz CT molecular complexity index is 890. The molecule has 0 aliphatic carbocycles. The molecule has 0 bridgehead atoms. The second-order valence-corrected chi connectivity index (χ2v) is 7.56. The molecule has 27 heavy (non-hydrogen) atoms. The van der Waals surface area contributed by atoms with Crippen LogP contribution in [0.2, 0.25) is 0 Å². The van der Waals surface area contributed by atoms with Crippen LogP contribution in [-0.2, 0) is 12.7 Å². The summed E-state index contributed by atoms with van der Waals surface area (Å²) in [6, 6.07) is 21.8. The summed E-state index contributed by atoms with van der Waals surface area (Å²) in [4.78, 5) is 0. The van der Waals surface area contributed by atoms with Gasteiger partial charge in [-0.2, -0.15) is 13.2 Å². The standard InChI is InChI=1S/C22H19F3IN/c1-15(17-5-3-2-4-6-17)27-14-16-7-12-21(26)20(13-16)18-8-10-19(11-9-18)22(23,24)25/h2-13,15,27H,14H2,1H3/t15-/m1/s1. The van der Waals surface area contributed by atoms with Gasteiger partial charge in [-0.1, -0.05) is 48.5 Å². The molecule has 0 amide bonds. The number of halogens is 4. The van der Waals surface area contributed by atoms with E-state index in [-0.39, 0.29) is 6.04 Å². The van der Waals surface area contributed by atoms with Gasteiger partial charge in [0, 0.05) is 16.2 Å². The fourth-order valence-corrected chi connectivity index (χ4v) is 3.52. The summed E-state index contributed by atoms with van der Waals surface area (Å²) in [7, 11) is 0. The Morgan fingerprint density at radius 2 is 1.59 bits per heavy atom. The van der Waals surface area contributed by atoms with Crippen LogP contribution >= 0.6 is 22.6 Å². The molecule has 1 N–H and O–H groups in total. The summed E-state index contributed by atoms with van der Waals surface area (Å²) in [6.45, 7) is 2.79. The Balaban J connectivity index is 1.76. The van der Waals surface area contributed by atoms with Crippen molar-refractivity contribution >= 4 is 22.6 Å². The quantitative estimate of drug-likeness (QED) is 0.394. The van der Waals surface area contributed by atoms with Crippen LogP contribution in [0, 0.1) is 3.57 Å². The maximum absolute atomic E-state index is 12.8. The van der Waals surface area contributed by atoms with Crippen LogP contribution in [0.5, 0.6) is 0 Å². The predicted molar refractivity (Wildman–Crippen MR) is 111 cm³/mol. The molecular weight excluding hydrogens is 462 g/mol. The third kappa shape index (κ3) is 5.11. The monoisotopic (exact) mass is 481 g/mol. The third-order valence-electron chi connectivity index (χ3n) is 4.47. The molecule has 0 spiro atoms. The largest absolute Gasteiger partial charge is 0.416 e. The Morgan fingerprint density at radius 1 is 0.926 bits per heavy atom. The van der Waals surface area contributed by atoms with Crippen molar-refractivity contribution in [3.8, 4) is 11.1 Å². The molecule has 3 aromatic rings. The molecule has 140 valence electrons. The highest BCUT2D eigenvalue weighted by Gasteiger charge is 2.30. The molecule has 1 atom stereocenters. The van der Waals surface area contributed by atoms with Crippen molar-refractivity contribution in [3.63, 3.8) is 0 Å². The zero-order valence-corrected chi connectivity index (χ0v) is 16.9. The van der Waals surface area contributed by atoms with Crippen LogP contribution < -0.4 is 5.32 Å². The number of hydrogen-bond acceptors (Lipinski definition) is 1. The van der Waals surface area contributed by atoms with Gasteiger partial charge in [-0.3, -0.25) is 0 Å². The van der Waals surface area contributed by atoms with Crippen molar-refractivity contribution in [2.75, 3.05) is 0 Å². The first kappa shape index (κ1) is 19.9. The topological polar surface area (TPSA) is 12.0 Å². The number of hydrogen-bond donors (Lipinski definition) is 1. The number of rotatable bonds is 5. The molecule has 0 aromatic heterocycles. The Labute approximate surface area is 170 Å². The summed E-state index contributed by atoms with van der Waals surface area (Å²) < 4.78 is 39.3. The second-order valence-electron chi connectivity index (χ2n) is 6.40. The molecule has 0 saturated carbocycles. The molecule has 0 saturated heterocycles. The Hall–Kier alpha value is -1.86. The van der Waals surface area contributed by atoms with E-state index in [1.54, 1.807) is 0 Å². The maximum Gasteiger partial charge on any atom is 0.416 e. The van der Waals surface area contributed by atoms with Gasteiger partial charge in [0.25, 0.3) is 0 Å². The van der Waals surface area contributed by atoms with Crippen LogP contribution in [0.4, 0.5) is 13.2 Å². The average Bonchev–Trinajstić information content (AvgIpc) is 2.67. The number of nitrogens with one attached hydrogen (secondary N) is 1. The van der Waals surface area contributed by atoms with Gasteiger partial charge in [-0.05, 0) is 76.0 Å². The summed E-state index contributed by atoms with van der Waals surface area (Å²) >= 11 is 2.21. The van der Waals surface area contributed by atoms with E-state index >= 15 is 0 Å².